The van der Waals surface area contributed by atoms with Crippen LogP contribution < -0.4 is 10.6 Å². The summed E-state index contributed by atoms with van der Waals surface area (Å²) in [6.45, 7) is 4.03. The van der Waals surface area contributed by atoms with Crippen molar-refractivity contribution in [1.82, 2.24) is 10.6 Å². The lowest BCUT2D eigenvalue weighted by Crippen LogP contribution is -2.52. The molecule has 3 N–H and O–H groups in total. The monoisotopic (exact) mass is 684 g/mol. The van der Waals surface area contributed by atoms with E-state index >= 15 is 0 Å². The van der Waals surface area contributed by atoms with Crippen molar-refractivity contribution in [2.75, 3.05) is 19.0 Å². The van der Waals surface area contributed by atoms with Crippen LogP contribution in [0, 0.1) is 5.92 Å². The van der Waals surface area contributed by atoms with Gasteiger partial charge in [-0.05, 0) is 51.3 Å². The number of fused-ring (bicyclic) bond motifs is 3. The lowest BCUT2D eigenvalue weighted by molar-refractivity contribution is -0.123. The Morgan fingerprint density at radius 1 is 0.700 bits per heavy atom. The maximum absolute atomic E-state index is 14.0. The first kappa shape index (κ1) is 35.0. The van der Waals surface area contributed by atoms with E-state index in [1.54, 1.807) is 11.8 Å². The van der Waals surface area contributed by atoms with Crippen molar-refractivity contribution >= 4 is 23.8 Å². The van der Waals surface area contributed by atoms with E-state index in [1.807, 2.05) is 92.7 Å². The zero-order valence-corrected chi connectivity index (χ0v) is 29.3. The molecule has 0 saturated carbocycles. The molecule has 0 aliphatic heterocycles. The van der Waals surface area contributed by atoms with Crippen molar-refractivity contribution in [2.45, 2.75) is 43.0 Å². The van der Waals surface area contributed by atoms with Crippen molar-refractivity contribution in [3.63, 3.8) is 0 Å². The molecule has 1 aliphatic rings. The summed E-state index contributed by atoms with van der Waals surface area (Å²) in [7, 11) is 0. The van der Waals surface area contributed by atoms with Crippen molar-refractivity contribution in [2.24, 2.45) is 5.92 Å². The number of carbonyl (C=O) groups is 2. The molecule has 6 rings (SSSR count). The number of aliphatic hydroxyl groups excluding tert-OH is 1. The van der Waals surface area contributed by atoms with E-state index in [1.165, 1.54) is 0 Å². The standard InChI is InChI=1S/C43H44N2O4S/c1-30(2)26-34(27-46)44-41(47)40(45-42(48)49-28-39-37-24-14-12-22-35(37)36-23-13-15-25-38(36)39)29-50-43(31-16-6-3-7-17-31,32-18-8-4-9-19-32)33-20-10-5-11-21-33/h3-25,30,34,39-40,46H,26-29H2,1-2H3,(H,44,47)(H,45,48)/t34-,40?/m0/s1. The van der Waals surface area contributed by atoms with Crippen LogP contribution in [0.25, 0.3) is 11.1 Å². The van der Waals surface area contributed by atoms with Gasteiger partial charge >= 0.3 is 6.09 Å². The van der Waals surface area contributed by atoms with E-state index < -0.39 is 22.9 Å². The Kier molecular flexibility index (Phi) is 11.4. The van der Waals surface area contributed by atoms with Crippen LogP contribution in [0.2, 0.25) is 0 Å². The molecule has 0 heterocycles. The number of rotatable bonds is 14. The fourth-order valence-corrected chi connectivity index (χ4v) is 8.55. The molecule has 0 spiro atoms. The Morgan fingerprint density at radius 2 is 1.16 bits per heavy atom. The predicted molar refractivity (Wildman–Crippen MR) is 202 cm³/mol. The lowest BCUT2D eigenvalue weighted by atomic mass is 9.84. The summed E-state index contributed by atoms with van der Waals surface area (Å²) in [4.78, 5) is 27.7. The predicted octanol–water partition coefficient (Wildman–Crippen LogP) is 8.14. The number of aliphatic hydroxyl groups is 1. The van der Waals surface area contributed by atoms with Gasteiger partial charge in [-0.25, -0.2) is 4.79 Å². The SMILES string of the molecule is CC(C)C[C@@H](CO)NC(=O)C(CSC(c1ccccc1)(c1ccccc1)c1ccccc1)NC(=O)OCC1c2ccccc2-c2ccccc21. The second kappa shape index (κ2) is 16.2. The molecule has 0 fully saturated rings. The van der Waals surface area contributed by atoms with Gasteiger partial charge in [0.2, 0.25) is 5.91 Å². The van der Waals surface area contributed by atoms with E-state index in [9.17, 15) is 14.7 Å². The van der Waals surface area contributed by atoms with Gasteiger partial charge in [-0.2, -0.15) is 0 Å². The van der Waals surface area contributed by atoms with Crippen molar-refractivity contribution in [3.05, 3.63) is 167 Å². The van der Waals surface area contributed by atoms with E-state index in [-0.39, 0.29) is 36.7 Å². The first-order valence-electron chi connectivity index (χ1n) is 17.2. The summed E-state index contributed by atoms with van der Waals surface area (Å²) in [5, 5.41) is 16.1. The van der Waals surface area contributed by atoms with Crippen LogP contribution in [0.15, 0.2) is 140 Å². The number of benzene rings is 5. The number of carbonyl (C=O) groups excluding carboxylic acids is 2. The minimum atomic E-state index is -0.952. The highest BCUT2D eigenvalue weighted by Gasteiger charge is 2.39. The Labute approximate surface area is 299 Å². The van der Waals surface area contributed by atoms with Crippen LogP contribution >= 0.6 is 11.8 Å². The smallest absolute Gasteiger partial charge is 0.407 e. The van der Waals surface area contributed by atoms with Crippen molar-refractivity contribution < 1.29 is 19.4 Å². The summed E-state index contributed by atoms with van der Waals surface area (Å²) in [5.41, 5.74) is 7.67. The number of nitrogens with one attached hydrogen (secondary N) is 2. The zero-order chi connectivity index (χ0) is 34.9. The molecule has 256 valence electrons. The van der Waals surface area contributed by atoms with Crippen LogP contribution in [0.1, 0.15) is 54.0 Å². The molecular weight excluding hydrogens is 641 g/mol. The maximum atomic E-state index is 14.0. The molecule has 1 aliphatic carbocycles. The summed E-state index contributed by atoms with van der Waals surface area (Å²) < 4.78 is 5.22. The van der Waals surface area contributed by atoms with Gasteiger partial charge in [-0.1, -0.05) is 153 Å². The molecule has 5 aromatic rings. The quantitative estimate of drug-likeness (QED) is 0.103. The van der Waals surface area contributed by atoms with Crippen LogP contribution in [0.5, 0.6) is 0 Å². The van der Waals surface area contributed by atoms with Crippen LogP contribution in [0.3, 0.4) is 0 Å². The molecule has 0 saturated heterocycles. The van der Waals surface area contributed by atoms with E-state index in [0.717, 1.165) is 38.9 Å². The van der Waals surface area contributed by atoms with Gasteiger partial charge in [0.05, 0.1) is 17.4 Å². The average Bonchev–Trinajstić information content (AvgIpc) is 3.48. The molecule has 50 heavy (non-hydrogen) atoms. The van der Waals surface area contributed by atoms with Crippen molar-refractivity contribution in [3.8, 4) is 11.1 Å². The summed E-state index contributed by atoms with van der Waals surface area (Å²) in [5.74, 6) is 0.0155. The number of ether oxygens (including phenoxy) is 1. The fraction of sp³-hybridized carbons (Fsp3) is 0.256. The molecule has 0 aromatic heterocycles. The van der Waals surface area contributed by atoms with Crippen LogP contribution in [0.4, 0.5) is 4.79 Å². The highest BCUT2D eigenvalue weighted by Crippen LogP contribution is 2.49. The summed E-state index contributed by atoms with van der Waals surface area (Å²) >= 11 is 1.59. The Morgan fingerprint density at radius 3 is 1.62 bits per heavy atom. The number of hydrogen-bond donors (Lipinski definition) is 3. The van der Waals surface area contributed by atoms with Gasteiger partial charge < -0.3 is 20.5 Å². The first-order chi connectivity index (χ1) is 24.4. The van der Waals surface area contributed by atoms with Gasteiger partial charge in [0.1, 0.15) is 12.6 Å². The van der Waals surface area contributed by atoms with E-state index in [4.69, 9.17) is 4.74 Å². The Bertz CT molecular complexity index is 1720. The first-order valence-corrected chi connectivity index (χ1v) is 18.2. The van der Waals surface area contributed by atoms with Crippen LogP contribution in [-0.2, 0) is 14.3 Å². The maximum Gasteiger partial charge on any atom is 0.407 e. The summed E-state index contributed by atoms with van der Waals surface area (Å²) in [6, 6.07) is 45.7. The van der Waals surface area contributed by atoms with Crippen LogP contribution in [-0.4, -0.2) is 48.2 Å². The molecule has 7 heteroatoms. The van der Waals surface area contributed by atoms with Crippen molar-refractivity contribution in [1.29, 1.82) is 0 Å². The molecule has 2 atom stereocenters. The molecule has 5 aromatic carbocycles. The lowest BCUT2D eigenvalue weighted by Gasteiger charge is -2.36. The van der Waals surface area contributed by atoms with Gasteiger partial charge in [0.25, 0.3) is 0 Å². The molecule has 0 bridgehead atoms. The van der Waals surface area contributed by atoms with Gasteiger partial charge in [0, 0.05) is 11.7 Å². The van der Waals surface area contributed by atoms with E-state index in [2.05, 4.69) is 71.3 Å². The Balaban J connectivity index is 1.29. The van der Waals surface area contributed by atoms with Gasteiger partial charge in [-0.3, -0.25) is 4.79 Å². The number of thioether (sulfide) groups is 1. The largest absolute Gasteiger partial charge is 0.449 e. The molecule has 1 unspecified atom stereocenters. The average molecular weight is 685 g/mol. The Hall–Kier alpha value is -4.85. The van der Waals surface area contributed by atoms with E-state index in [0.29, 0.717) is 6.42 Å². The molecule has 2 amide bonds. The van der Waals surface area contributed by atoms with Gasteiger partial charge in [0.15, 0.2) is 0 Å². The number of amides is 2. The van der Waals surface area contributed by atoms with Gasteiger partial charge in [-0.15, -0.1) is 11.8 Å². The fourth-order valence-electron chi connectivity index (χ4n) is 6.99. The number of alkyl carbamates (subject to hydrolysis) is 1. The zero-order valence-electron chi connectivity index (χ0n) is 28.5. The minimum Gasteiger partial charge on any atom is -0.449 e. The molecule has 0 radical (unpaired) electrons. The highest BCUT2D eigenvalue weighted by molar-refractivity contribution is 8.00. The molecule has 6 nitrogen and oxygen atoms in total. The topological polar surface area (TPSA) is 87.7 Å². The highest BCUT2D eigenvalue weighted by atomic mass is 32.2. The molecular formula is C43H44N2O4S. The second-order valence-electron chi connectivity index (χ2n) is 13.1. The second-order valence-corrected chi connectivity index (χ2v) is 14.4. The minimum absolute atomic E-state index is 0.110. The number of hydrogen-bond acceptors (Lipinski definition) is 5. The third kappa shape index (κ3) is 7.64. The normalized spacial score (nSPS) is 13.6. The third-order valence-corrected chi connectivity index (χ3v) is 10.9. The summed E-state index contributed by atoms with van der Waals surface area (Å²) in [6.07, 6.45) is -0.0589. The third-order valence-electron chi connectivity index (χ3n) is 9.28.